The molecular formula is C16H19BrN4O4S. The van der Waals surface area contributed by atoms with Gasteiger partial charge in [0.25, 0.3) is 5.91 Å². The van der Waals surface area contributed by atoms with E-state index in [1.807, 2.05) is 0 Å². The summed E-state index contributed by atoms with van der Waals surface area (Å²) in [6.07, 6.45) is 1.68. The second-order valence-electron chi connectivity index (χ2n) is 5.94. The fourth-order valence-corrected chi connectivity index (χ4v) is 4.00. The van der Waals surface area contributed by atoms with E-state index in [0.29, 0.717) is 17.0 Å². The number of halogens is 1. The smallest absolute Gasteiger partial charge is 0.256 e. The number of nitrogens with one attached hydrogen (secondary N) is 2. The molecule has 26 heavy (non-hydrogen) atoms. The van der Waals surface area contributed by atoms with Crippen molar-refractivity contribution in [2.75, 3.05) is 18.5 Å². The average Bonchev–Trinajstić information content (AvgIpc) is 3.23. The minimum atomic E-state index is -3.72. The molecule has 1 fully saturated rings. The molecule has 10 heteroatoms. The topological polar surface area (TPSA) is 102 Å². The normalized spacial score (nSPS) is 17.4. The molecule has 1 aliphatic rings. The van der Waals surface area contributed by atoms with E-state index in [0.717, 1.165) is 12.8 Å². The molecule has 8 nitrogen and oxygen atoms in total. The molecule has 1 saturated heterocycles. The number of carbonyl (C=O) groups excluding carboxylic acids is 1. The van der Waals surface area contributed by atoms with Gasteiger partial charge in [-0.25, -0.2) is 13.1 Å². The summed E-state index contributed by atoms with van der Waals surface area (Å²) >= 11 is 3.30. The van der Waals surface area contributed by atoms with Crippen LogP contribution in [0.3, 0.4) is 0 Å². The first-order valence-corrected chi connectivity index (χ1v) is 10.3. The Morgan fingerprint density at radius 2 is 2.23 bits per heavy atom. The van der Waals surface area contributed by atoms with E-state index in [2.05, 4.69) is 31.1 Å². The van der Waals surface area contributed by atoms with Crippen molar-refractivity contribution in [1.82, 2.24) is 14.5 Å². The molecular weight excluding hydrogens is 424 g/mol. The van der Waals surface area contributed by atoms with E-state index in [-0.39, 0.29) is 23.1 Å². The van der Waals surface area contributed by atoms with Crippen LogP contribution in [0, 0.1) is 0 Å². The number of anilines is 1. The molecule has 1 aliphatic heterocycles. The molecule has 0 radical (unpaired) electrons. The summed E-state index contributed by atoms with van der Waals surface area (Å²) in [4.78, 5) is 12.4. The first kappa shape index (κ1) is 19.0. The van der Waals surface area contributed by atoms with Crippen molar-refractivity contribution >= 4 is 37.7 Å². The molecule has 2 heterocycles. The summed E-state index contributed by atoms with van der Waals surface area (Å²) in [6, 6.07) is 7.52. The molecule has 1 amide bonds. The molecule has 0 unspecified atom stereocenters. The Morgan fingerprint density at radius 3 is 2.88 bits per heavy atom. The molecule has 2 N–H and O–H groups in total. The molecule has 0 bridgehead atoms. The zero-order valence-corrected chi connectivity index (χ0v) is 16.5. The maximum Gasteiger partial charge on any atom is 0.256 e. The van der Waals surface area contributed by atoms with Gasteiger partial charge in [-0.2, -0.15) is 5.10 Å². The number of amides is 1. The van der Waals surface area contributed by atoms with Crippen molar-refractivity contribution in [2.45, 2.75) is 23.8 Å². The van der Waals surface area contributed by atoms with E-state index in [9.17, 15) is 13.2 Å². The molecule has 3 rings (SSSR count). The summed E-state index contributed by atoms with van der Waals surface area (Å²) in [5.41, 5.74) is 0.228. The Kier molecular flexibility index (Phi) is 5.76. The quantitative estimate of drug-likeness (QED) is 0.710. The number of ether oxygens (including phenoxy) is 1. The van der Waals surface area contributed by atoms with E-state index in [1.54, 1.807) is 23.9 Å². The summed E-state index contributed by atoms with van der Waals surface area (Å²) in [5, 5.41) is 6.75. The number of hydrogen-bond donors (Lipinski definition) is 2. The van der Waals surface area contributed by atoms with Gasteiger partial charge in [-0.05, 0) is 47.0 Å². The van der Waals surface area contributed by atoms with Gasteiger partial charge in [-0.15, -0.1) is 0 Å². The van der Waals surface area contributed by atoms with Gasteiger partial charge in [0.15, 0.2) is 5.82 Å². The summed E-state index contributed by atoms with van der Waals surface area (Å²) in [6.45, 7) is 0.881. The van der Waals surface area contributed by atoms with Gasteiger partial charge in [0, 0.05) is 31.8 Å². The zero-order valence-electron chi connectivity index (χ0n) is 14.1. The van der Waals surface area contributed by atoms with Crippen LogP contribution in [0.1, 0.15) is 23.2 Å². The Balaban J connectivity index is 1.71. The second-order valence-corrected chi connectivity index (χ2v) is 8.52. The Labute approximate surface area is 160 Å². The lowest BCUT2D eigenvalue weighted by atomic mass is 10.2. The number of sulfonamides is 1. The van der Waals surface area contributed by atoms with Crippen LogP contribution in [0.5, 0.6) is 0 Å². The molecule has 2 aromatic rings. The second kappa shape index (κ2) is 7.87. The summed E-state index contributed by atoms with van der Waals surface area (Å²) in [7, 11) is -1.99. The number of hydrogen-bond acceptors (Lipinski definition) is 5. The van der Waals surface area contributed by atoms with Gasteiger partial charge in [0.05, 0.1) is 11.0 Å². The summed E-state index contributed by atoms with van der Waals surface area (Å²) in [5.74, 6) is -0.0686. The molecule has 0 saturated carbocycles. The number of aryl methyl sites for hydroxylation is 1. The average molecular weight is 443 g/mol. The first-order valence-electron chi connectivity index (χ1n) is 8.07. The third-order valence-electron chi connectivity index (χ3n) is 4.00. The molecule has 1 atom stereocenters. The van der Waals surface area contributed by atoms with Gasteiger partial charge in [0.1, 0.15) is 4.60 Å². The number of benzene rings is 1. The largest absolute Gasteiger partial charge is 0.377 e. The maximum absolute atomic E-state index is 12.4. The van der Waals surface area contributed by atoms with E-state index >= 15 is 0 Å². The number of nitrogens with zero attached hydrogens (tertiary/aromatic N) is 2. The van der Waals surface area contributed by atoms with Crippen LogP contribution in [0.2, 0.25) is 0 Å². The first-order chi connectivity index (χ1) is 12.3. The SMILES string of the molecule is Cn1nc(NC(=O)c2cccc(S(=O)(=O)NC[C@H]3CCCO3)c2)cc1Br. The van der Waals surface area contributed by atoms with E-state index in [1.165, 1.54) is 18.2 Å². The van der Waals surface area contributed by atoms with Crippen LogP contribution in [-0.4, -0.2) is 43.4 Å². The predicted molar refractivity (Wildman–Crippen MR) is 99.5 cm³/mol. The Bertz CT molecular complexity index is 887. The third kappa shape index (κ3) is 4.50. The van der Waals surface area contributed by atoms with Crippen molar-refractivity contribution in [3.63, 3.8) is 0 Å². The van der Waals surface area contributed by atoms with Crippen molar-refractivity contribution in [3.05, 3.63) is 40.5 Å². The monoisotopic (exact) mass is 442 g/mol. The Hall–Kier alpha value is -1.75. The van der Waals surface area contributed by atoms with Crippen LogP contribution in [-0.2, 0) is 21.8 Å². The highest BCUT2D eigenvalue weighted by Crippen LogP contribution is 2.17. The van der Waals surface area contributed by atoms with E-state index < -0.39 is 15.9 Å². The lowest BCUT2D eigenvalue weighted by Gasteiger charge is -2.12. The minimum Gasteiger partial charge on any atom is -0.377 e. The van der Waals surface area contributed by atoms with Crippen LogP contribution in [0.15, 0.2) is 39.8 Å². The molecule has 1 aromatic heterocycles. The number of aromatic nitrogens is 2. The maximum atomic E-state index is 12.4. The van der Waals surface area contributed by atoms with Crippen molar-refractivity contribution in [1.29, 1.82) is 0 Å². The van der Waals surface area contributed by atoms with Gasteiger partial charge in [-0.1, -0.05) is 6.07 Å². The third-order valence-corrected chi connectivity index (χ3v) is 6.16. The van der Waals surface area contributed by atoms with Gasteiger partial charge < -0.3 is 10.1 Å². The van der Waals surface area contributed by atoms with Gasteiger partial charge in [-0.3, -0.25) is 9.48 Å². The minimum absolute atomic E-state index is 0.0327. The fraction of sp³-hybridized carbons (Fsp3) is 0.375. The fourth-order valence-electron chi connectivity index (χ4n) is 2.59. The van der Waals surface area contributed by atoms with Gasteiger partial charge in [0.2, 0.25) is 10.0 Å². The lowest BCUT2D eigenvalue weighted by molar-refractivity contribution is 0.102. The standard InChI is InChI=1S/C16H19BrN4O4S/c1-21-14(17)9-15(20-21)19-16(22)11-4-2-6-13(8-11)26(23,24)18-10-12-5-3-7-25-12/h2,4,6,8-9,12,18H,3,5,7,10H2,1H3,(H,19,20,22)/t12-/m1/s1. The van der Waals surface area contributed by atoms with Crippen LogP contribution in [0.25, 0.3) is 0 Å². The van der Waals surface area contributed by atoms with Crippen molar-refractivity contribution < 1.29 is 17.9 Å². The predicted octanol–water partition coefficient (Wildman–Crippen LogP) is 1.89. The number of rotatable bonds is 6. The number of carbonyl (C=O) groups is 1. The summed E-state index contributed by atoms with van der Waals surface area (Å²) < 4.78 is 35.1. The molecule has 1 aromatic carbocycles. The van der Waals surface area contributed by atoms with Crippen molar-refractivity contribution in [2.24, 2.45) is 7.05 Å². The molecule has 140 valence electrons. The highest BCUT2D eigenvalue weighted by atomic mass is 79.9. The highest BCUT2D eigenvalue weighted by Gasteiger charge is 2.21. The van der Waals surface area contributed by atoms with Crippen LogP contribution >= 0.6 is 15.9 Å². The zero-order chi connectivity index (χ0) is 18.7. The van der Waals surface area contributed by atoms with Crippen LogP contribution < -0.4 is 10.0 Å². The molecule has 0 spiro atoms. The van der Waals surface area contributed by atoms with Crippen molar-refractivity contribution in [3.8, 4) is 0 Å². The lowest BCUT2D eigenvalue weighted by Crippen LogP contribution is -2.32. The van der Waals surface area contributed by atoms with E-state index in [4.69, 9.17) is 4.74 Å². The Morgan fingerprint density at radius 1 is 1.42 bits per heavy atom. The van der Waals surface area contributed by atoms with Gasteiger partial charge >= 0.3 is 0 Å². The van der Waals surface area contributed by atoms with Crippen LogP contribution in [0.4, 0.5) is 5.82 Å². The molecule has 0 aliphatic carbocycles. The highest BCUT2D eigenvalue weighted by molar-refractivity contribution is 9.10.